The topological polar surface area (TPSA) is 89.3 Å². The first kappa shape index (κ1) is 24.3. The molecule has 190 valence electrons. The predicted octanol–water partition coefficient (Wildman–Crippen LogP) is 3.49. The Labute approximate surface area is 212 Å². The van der Waals surface area contributed by atoms with E-state index in [9.17, 15) is 9.59 Å². The molecule has 8 heteroatoms. The Balaban J connectivity index is 1.28. The first-order chi connectivity index (χ1) is 17.4. The molecule has 1 saturated heterocycles. The Morgan fingerprint density at radius 1 is 1.08 bits per heavy atom. The van der Waals surface area contributed by atoms with Gasteiger partial charge in [0, 0.05) is 26.1 Å². The van der Waals surface area contributed by atoms with Crippen LogP contribution in [0.15, 0.2) is 42.5 Å². The van der Waals surface area contributed by atoms with Gasteiger partial charge in [-0.2, -0.15) is 0 Å². The number of carbonyl (C=O) groups is 2. The maximum Gasteiger partial charge on any atom is 0.243 e. The van der Waals surface area contributed by atoms with Gasteiger partial charge in [0.25, 0.3) is 0 Å². The van der Waals surface area contributed by atoms with Crippen molar-refractivity contribution >= 4 is 22.8 Å². The minimum Gasteiger partial charge on any atom is -0.497 e. The van der Waals surface area contributed by atoms with Crippen LogP contribution in [0.5, 0.6) is 5.75 Å². The van der Waals surface area contributed by atoms with Crippen LogP contribution in [0.25, 0.3) is 11.0 Å². The van der Waals surface area contributed by atoms with Crippen LogP contribution in [-0.2, 0) is 29.6 Å². The molecule has 0 bridgehead atoms. The minimum absolute atomic E-state index is 0.0362. The van der Waals surface area contributed by atoms with Gasteiger partial charge in [0.05, 0.1) is 12.6 Å². The molecule has 2 heterocycles. The number of fused-ring (bicyclic) bond motifs is 1. The second-order valence-electron chi connectivity index (χ2n) is 10.5. The number of likely N-dealkylation sites (tertiary alicyclic amines) is 1. The maximum absolute atomic E-state index is 13.5. The first-order valence-corrected chi connectivity index (χ1v) is 12.9. The van der Waals surface area contributed by atoms with E-state index in [1.165, 1.54) is 5.56 Å². The monoisotopic (exact) mass is 489 g/mol. The molecule has 1 aliphatic carbocycles. The molecule has 2 aliphatic rings. The fraction of sp³-hybridized carbons (Fsp3) is 0.500. The molecule has 2 fully saturated rings. The summed E-state index contributed by atoms with van der Waals surface area (Å²) in [7, 11) is 3.52. The SMILES string of the molecule is COc1ccc(C[C@@H]2C[C@@H](C(=O)NCc3ccc4c(c3)nnn4C)N(C(=O)[C@@H]3CC[C@H](C)C3)C2)cc1. The number of hydrogen-bond donors (Lipinski definition) is 1. The number of carbonyl (C=O) groups excluding carboxylic acids is 2. The van der Waals surface area contributed by atoms with Gasteiger partial charge in [-0.15, -0.1) is 5.10 Å². The Bertz CT molecular complexity index is 1240. The van der Waals surface area contributed by atoms with Crippen molar-refractivity contribution in [2.45, 2.75) is 51.6 Å². The number of aromatic nitrogens is 3. The summed E-state index contributed by atoms with van der Waals surface area (Å²) in [6.07, 6.45) is 4.44. The average Bonchev–Trinajstić information content (AvgIpc) is 3.61. The quantitative estimate of drug-likeness (QED) is 0.549. The normalized spacial score (nSPS) is 23.8. The van der Waals surface area contributed by atoms with Crippen molar-refractivity contribution in [3.63, 3.8) is 0 Å². The van der Waals surface area contributed by atoms with Crippen LogP contribution in [0.2, 0.25) is 0 Å². The number of aryl methyl sites for hydroxylation is 1. The lowest BCUT2D eigenvalue weighted by Gasteiger charge is -2.27. The summed E-state index contributed by atoms with van der Waals surface area (Å²) in [5.41, 5.74) is 3.91. The summed E-state index contributed by atoms with van der Waals surface area (Å²) < 4.78 is 7.00. The zero-order valence-corrected chi connectivity index (χ0v) is 21.3. The number of benzene rings is 2. The molecule has 2 aromatic carbocycles. The fourth-order valence-electron chi connectivity index (χ4n) is 5.83. The number of hydrogen-bond acceptors (Lipinski definition) is 5. The predicted molar refractivity (Wildman–Crippen MR) is 137 cm³/mol. The zero-order chi connectivity index (χ0) is 25.2. The number of rotatable bonds is 7. The van der Waals surface area contributed by atoms with Gasteiger partial charge >= 0.3 is 0 Å². The molecule has 8 nitrogen and oxygen atoms in total. The summed E-state index contributed by atoms with van der Waals surface area (Å²) in [5, 5.41) is 11.3. The fourth-order valence-corrected chi connectivity index (χ4v) is 5.83. The van der Waals surface area contributed by atoms with Gasteiger partial charge in [-0.05, 0) is 79.3 Å². The Kier molecular flexibility index (Phi) is 6.94. The van der Waals surface area contributed by atoms with Crippen LogP contribution in [0, 0.1) is 17.8 Å². The Hall–Kier alpha value is -3.42. The standard InChI is InChI=1S/C28H35N5O3/c1-18-4-8-22(12-18)28(35)33-17-21(13-19-5-9-23(36-3)10-6-19)15-26(33)27(34)29-16-20-7-11-25-24(14-20)30-31-32(25)2/h5-7,9-11,14,18,21-22,26H,4,8,12-13,15-17H2,1-3H3,(H,29,34)/t18-,21+,22+,26-/m0/s1. The molecular formula is C28H35N5O3. The summed E-state index contributed by atoms with van der Waals surface area (Å²) in [6.45, 7) is 3.23. The van der Waals surface area contributed by atoms with Crippen molar-refractivity contribution in [3.8, 4) is 5.75 Å². The molecule has 1 N–H and O–H groups in total. The second kappa shape index (κ2) is 10.3. The van der Waals surface area contributed by atoms with E-state index in [0.29, 0.717) is 25.4 Å². The van der Waals surface area contributed by atoms with E-state index < -0.39 is 6.04 Å². The van der Waals surface area contributed by atoms with Crippen molar-refractivity contribution in [1.29, 1.82) is 0 Å². The highest BCUT2D eigenvalue weighted by Crippen LogP contribution is 2.35. The van der Waals surface area contributed by atoms with Gasteiger partial charge in [-0.1, -0.05) is 30.3 Å². The molecule has 1 aliphatic heterocycles. The van der Waals surface area contributed by atoms with Gasteiger partial charge in [-0.3, -0.25) is 9.59 Å². The van der Waals surface area contributed by atoms with Crippen molar-refractivity contribution in [3.05, 3.63) is 53.6 Å². The van der Waals surface area contributed by atoms with Crippen LogP contribution in [-0.4, -0.2) is 51.4 Å². The van der Waals surface area contributed by atoms with Gasteiger partial charge < -0.3 is 15.0 Å². The molecule has 0 radical (unpaired) electrons. The minimum atomic E-state index is -0.433. The van der Waals surface area contributed by atoms with E-state index in [4.69, 9.17) is 4.74 Å². The Morgan fingerprint density at radius 3 is 2.58 bits per heavy atom. The van der Waals surface area contributed by atoms with Gasteiger partial charge in [0.15, 0.2) is 0 Å². The third-order valence-corrected chi connectivity index (χ3v) is 7.84. The molecule has 0 unspecified atom stereocenters. The molecular weight excluding hydrogens is 454 g/mol. The third-order valence-electron chi connectivity index (χ3n) is 7.84. The summed E-state index contributed by atoms with van der Waals surface area (Å²) in [5.74, 6) is 1.75. The number of methoxy groups -OCH3 is 1. The van der Waals surface area contributed by atoms with Crippen LogP contribution in [0.4, 0.5) is 0 Å². The second-order valence-corrected chi connectivity index (χ2v) is 10.5. The highest BCUT2D eigenvalue weighted by atomic mass is 16.5. The van der Waals surface area contributed by atoms with E-state index >= 15 is 0 Å². The lowest BCUT2D eigenvalue weighted by atomic mass is 9.96. The largest absolute Gasteiger partial charge is 0.497 e. The molecule has 4 atom stereocenters. The highest BCUT2D eigenvalue weighted by molar-refractivity contribution is 5.89. The number of nitrogens with one attached hydrogen (secondary N) is 1. The summed E-state index contributed by atoms with van der Waals surface area (Å²) in [6, 6.07) is 13.5. The summed E-state index contributed by atoms with van der Waals surface area (Å²) >= 11 is 0. The van der Waals surface area contributed by atoms with Gasteiger partial charge in [0.2, 0.25) is 11.8 Å². The molecule has 5 rings (SSSR count). The lowest BCUT2D eigenvalue weighted by molar-refractivity contribution is -0.141. The molecule has 1 aromatic heterocycles. The number of amides is 2. The summed E-state index contributed by atoms with van der Waals surface area (Å²) in [4.78, 5) is 28.8. The molecule has 1 saturated carbocycles. The van der Waals surface area contributed by atoms with Crippen LogP contribution < -0.4 is 10.1 Å². The third kappa shape index (κ3) is 5.08. The molecule has 0 spiro atoms. The number of nitrogens with zero attached hydrogens (tertiary/aromatic N) is 4. The van der Waals surface area contributed by atoms with Gasteiger partial charge in [-0.25, -0.2) is 4.68 Å². The molecule has 2 amide bonds. The van der Waals surface area contributed by atoms with E-state index in [1.54, 1.807) is 11.8 Å². The average molecular weight is 490 g/mol. The van der Waals surface area contributed by atoms with Crippen LogP contribution in [0.1, 0.15) is 43.7 Å². The molecule has 3 aromatic rings. The highest BCUT2D eigenvalue weighted by Gasteiger charge is 2.42. The lowest BCUT2D eigenvalue weighted by Crippen LogP contribution is -2.47. The molecule has 36 heavy (non-hydrogen) atoms. The van der Waals surface area contributed by atoms with Crippen LogP contribution in [0.3, 0.4) is 0 Å². The zero-order valence-electron chi connectivity index (χ0n) is 21.3. The maximum atomic E-state index is 13.5. The van der Waals surface area contributed by atoms with Crippen LogP contribution >= 0.6 is 0 Å². The Morgan fingerprint density at radius 2 is 1.86 bits per heavy atom. The van der Waals surface area contributed by atoms with Crippen molar-refractivity contribution in [2.24, 2.45) is 24.8 Å². The van der Waals surface area contributed by atoms with E-state index in [-0.39, 0.29) is 23.7 Å². The number of ether oxygens (including phenoxy) is 1. The first-order valence-electron chi connectivity index (χ1n) is 12.9. The van der Waals surface area contributed by atoms with E-state index in [0.717, 1.165) is 48.0 Å². The van der Waals surface area contributed by atoms with E-state index in [1.807, 2.05) is 42.3 Å². The van der Waals surface area contributed by atoms with Crippen molar-refractivity contribution in [2.75, 3.05) is 13.7 Å². The smallest absolute Gasteiger partial charge is 0.243 e. The van der Waals surface area contributed by atoms with Crippen molar-refractivity contribution in [1.82, 2.24) is 25.2 Å². The van der Waals surface area contributed by atoms with Gasteiger partial charge in [0.1, 0.15) is 17.3 Å². The van der Waals surface area contributed by atoms with E-state index in [2.05, 4.69) is 34.7 Å². The van der Waals surface area contributed by atoms with Crippen molar-refractivity contribution < 1.29 is 14.3 Å².